The summed E-state index contributed by atoms with van der Waals surface area (Å²) in [5.74, 6) is 1.99. The minimum atomic E-state index is 0.00594. The number of hydrogen-bond donors (Lipinski definition) is 0. The van der Waals surface area contributed by atoms with Crippen molar-refractivity contribution in [3.63, 3.8) is 0 Å². The standard InChI is InChI=1S/C19H28O4/c1-13(2)19(3)11-14-9-18(23-8-6-7-21-4)17(22-5)10-15(14)16(20)12-19/h9-10,13H,6-8,11-12H2,1-5H3/t19-/m0/s1. The van der Waals surface area contributed by atoms with Gasteiger partial charge in [0.05, 0.1) is 13.7 Å². The SMILES string of the molecule is COCCCOc1cc2c(cc1OC)C(=O)C[C@@](C)(C(C)C)C2. The van der Waals surface area contributed by atoms with Gasteiger partial charge in [0.15, 0.2) is 17.3 Å². The molecule has 0 aromatic heterocycles. The van der Waals surface area contributed by atoms with Crippen molar-refractivity contribution >= 4 is 5.78 Å². The highest BCUT2D eigenvalue weighted by molar-refractivity contribution is 5.99. The van der Waals surface area contributed by atoms with Crippen molar-refractivity contribution in [3.8, 4) is 11.5 Å². The van der Waals surface area contributed by atoms with Gasteiger partial charge in [-0.1, -0.05) is 20.8 Å². The molecular weight excluding hydrogens is 292 g/mol. The summed E-state index contributed by atoms with van der Waals surface area (Å²) in [6, 6.07) is 3.82. The molecule has 4 heteroatoms. The number of methoxy groups -OCH3 is 2. The Bertz CT molecular complexity index is 565. The Labute approximate surface area is 139 Å². The van der Waals surface area contributed by atoms with E-state index in [9.17, 15) is 4.79 Å². The van der Waals surface area contributed by atoms with Crippen LogP contribution in [-0.2, 0) is 11.2 Å². The van der Waals surface area contributed by atoms with Gasteiger partial charge >= 0.3 is 0 Å². The Kier molecular flexibility index (Phi) is 5.69. The molecule has 0 bridgehead atoms. The molecule has 1 aromatic carbocycles. The summed E-state index contributed by atoms with van der Waals surface area (Å²) in [5.41, 5.74) is 1.86. The number of ether oxygens (including phenoxy) is 3. The number of carbonyl (C=O) groups is 1. The predicted octanol–water partition coefficient (Wildman–Crippen LogP) is 3.90. The van der Waals surface area contributed by atoms with Gasteiger partial charge in [-0.25, -0.2) is 0 Å². The van der Waals surface area contributed by atoms with Crippen LogP contribution in [0.25, 0.3) is 0 Å². The number of rotatable bonds is 7. The van der Waals surface area contributed by atoms with Crippen molar-refractivity contribution in [1.29, 1.82) is 0 Å². The molecule has 23 heavy (non-hydrogen) atoms. The molecule has 2 rings (SSSR count). The first-order chi connectivity index (χ1) is 10.9. The predicted molar refractivity (Wildman–Crippen MR) is 90.6 cm³/mol. The Morgan fingerprint density at radius 2 is 1.87 bits per heavy atom. The van der Waals surface area contributed by atoms with Crippen molar-refractivity contribution in [2.45, 2.75) is 40.0 Å². The molecule has 4 nitrogen and oxygen atoms in total. The third kappa shape index (κ3) is 3.86. The Balaban J connectivity index is 2.28. The van der Waals surface area contributed by atoms with Gasteiger partial charge in [0.2, 0.25) is 0 Å². The van der Waals surface area contributed by atoms with Crippen molar-refractivity contribution in [2.75, 3.05) is 27.4 Å². The van der Waals surface area contributed by atoms with E-state index >= 15 is 0 Å². The number of hydrogen-bond acceptors (Lipinski definition) is 4. The number of Topliss-reactive ketones (excluding diaryl/α,β-unsaturated/α-hetero) is 1. The van der Waals surface area contributed by atoms with Crippen LogP contribution in [0.5, 0.6) is 11.5 Å². The summed E-state index contributed by atoms with van der Waals surface area (Å²) in [6.45, 7) is 7.80. The van der Waals surface area contributed by atoms with Crippen molar-refractivity contribution in [2.24, 2.45) is 11.3 Å². The molecule has 0 saturated carbocycles. The lowest BCUT2D eigenvalue weighted by Crippen LogP contribution is -2.34. The fraction of sp³-hybridized carbons (Fsp3) is 0.632. The van der Waals surface area contributed by atoms with Crippen molar-refractivity contribution < 1.29 is 19.0 Å². The van der Waals surface area contributed by atoms with Gasteiger partial charge in [-0.15, -0.1) is 0 Å². The minimum Gasteiger partial charge on any atom is -0.493 e. The molecule has 0 spiro atoms. The van der Waals surface area contributed by atoms with Crippen LogP contribution in [0.4, 0.5) is 0 Å². The zero-order valence-corrected chi connectivity index (χ0v) is 14.9. The van der Waals surface area contributed by atoms with E-state index < -0.39 is 0 Å². The number of benzene rings is 1. The molecule has 128 valence electrons. The van der Waals surface area contributed by atoms with E-state index in [1.54, 1.807) is 14.2 Å². The molecule has 0 radical (unpaired) electrons. The zero-order chi connectivity index (χ0) is 17.0. The fourth-order valence-electron chi connectivity index (χ4n) is 3.03. The maximum atomic E-state index is 12.6. The first-order valence-corrected chi connectivity index (χ1v) is 8.27. The second-order valence-electron chi connectivity index (χ2n) is 6.94. The Hall–Kier alpha value is -1.55. The third-order valence-corrected chi connectivity index (χ3v) is 4.99. The molecular formula is C19H28O4. The molecule has 0 heterocycles. The lowest BCUT2D eigenvalue weighted by Gasteiger charge is -2.37. The molecule has 1 aliphatic rings. The van der Waals surface area contributed by atoms with Gasteiger partial charge in [0.1, 0.15) is 0 Å². The maximum absolute atomic E-state index is 12.6. The average Bonchev–Trinajstić information content (AvgIpc) is 2.50. The van der Waals surface area contributed by atoms with Crippen molar-refractivity contribution in [3.05, 3.63) is 23.3 Å². The third-order valence-electron chi connectivity index (χ3n) is 4.99. The second-order valence-corrected chi connectivity index (χ2v) is 6.94. The van der Waals surface area contributed by atoms with Gasteiger partial charge in [-0.3, -0.25) is 4.79 Å². The molecule has 0 aliphatic heterocycles. The topological polar surface area (TPSA) is 44.8 Å². The number of ketones is 1. The van der Waals surface area contributed by atoms with E-state index in [1.807, 2.05) is 12.1 Å². The normalized spacial score (nSPS) is 20.5. The molecule has 1 atom stereocenters. The number of fused-ring (bicyclic) bond motifs is 1. The van der Waals surface area contributed by atoms with E-state index in [1.165, 1.54) is 0 Å². The number of carbonyl (C=O) groups excluding carboxylic acids is 1. The monoisotopic (exact) mass is 320 g/mol. The first kappa shape index (κ1) is 17.8. The summed E-state index contributed by atoms with van der Waals surface area (Å²) in [5, 5.41) is 0. The maximum Gasteiger partial charge on any atom is 0.163 e. The van der Waals surface area contributed by atoms with Gasteiger partial charge in [0.25, 0.3) is 0 Å². The van der Waals surface area contributed by atoms with E-state index in [-0.39, 0.29) is 11.2 Å². The molecule has 0 N–H and O–H groups in total. The average molecular weight is 320 g/mol. The van der Waals surface area contributed by atoms with Crippen LogP contribution < -0.4 is 9.47 Å². The van der Waals surface area contributed by atoms with Crippen LogP contribution in [0.3, 0.4) is 0 Å². The molecule has 1 aliphatic carbocycles. The summed E-state index contributed by atoms with van der Waals surface area (Å²) < 4.78 is 16.3. The fourth-order valence-corrected chi connectivity index (χ4v) is 3.03. The summed E-state index contributed by atoms with van der Waals surface area (Å²) in [7, 11) is 3.28. The zero-order valence-electron chi connectivity index (χ0n) is 14.9. The van der Waals surface area contributed by atoms with Crippen LogP contribution >= 0.6 is 0 Å². The highest BCUT2D eigenvalue weighted by Gasteiger charge is 2.37. The van der Waals surface area contributed by atoms with Crippen LogP contribution in [0.1, 0.15) is 49.5 Å². The second kappa shape index (κ2) is 7.35. The largest absolute Gasteiger partial charge is 0.493 e. The van der Waals surface area contributed by atoms with Gasteiger partial charge in [0, 0.05) is 32.1 Å². The van der Waals surface area contributed by atoms with Crippen molar-refractivity contribution in [1.82, 2.24) is 0 Å². The van der Waals surface area contributed by atoms with E-state index in [0.717, 1.165) is 24.0 Å². The quantitative estimate of drug-likeness (QED) is 0.715. The molecule has 1 aromatic rings. The van der Waals surface area contributed by atoms with Crippen LogP contribution in [0, 0.1) is 11.3 Å². The van der Waals surface area contributed by atoms with Gasteiger partial charge in [-0.05, 0) is 35.4 Å². The van der Waals surface area contributed by atoms with E-state index in [2.05, 4.69) is 20.8 Å². The van der Waals surface area contributed by atoms with Gasteiger partial charge < -0.3 is 14.2 Å². The lowest BCUT2D eigenvalue weighted by atomic mass is 9.66. The molecule has 0 saturated heterocycles. The highest BCUT2D eigenvalue weighted by atomic mass is 16.5. The van der Waals surface area contributed by atoms with E-state index in [0.29, 0.717) is 37.1 Å². The summed E-state index contributed by atoms with van der Waals surface area (Å²) >= 11 is 0. The lowest BCUT2D eigenvalue weighted by molar-refractivity contribution is 0.0843. The van der Waals surface area contributed by atoms with Crippen LogP contribution in [0.15, 0.2) is 12.1 Å². The highest BCUT2D eigenvalue weighted by Crippen LogP contribution is 2.43. The van der Waals surface area contributed by atoms with Crippen LogP contribution in [0.2, 0.25) is 0 Å². The molecule has 0 unspecified atom stereocenters. The first-order valence-electron chi connectivity index (χ1n) is 8.27. The van der Waals surface area contributed by atoms with E-state index in [4.69, 9.17) is 14.2 Å². The summed E-state index contributed by atoms with van der Waals surface area (Å²) in [4.78, 5) is 12.6. The molecule has 0 fully saturated rings. The molecule has 0 amide bonds. The Morgan fingerprint density at radius 1 is 1.13 bits per heavy atom. The summed E-state index contributed by atoms with van der Waals surface area (Å²) in [6.07, 6.45) is 2.30. The van der Waals surface area contributed by atoms with Gasteiger partial charge in [-0.2, -0.15) is 0 Å². The smallest absolute Gasteiger partial charge is 0.163 e. The van der Waals surface area contributed by atoms with Crippen LogP contribution in [-0.4, -0.2) is 33.2 Å². The minimum absolute atomic E-state index is 0.00594. The Morgan fingerprint density at radius 3 is 2.48 bits per heavy atom.